The van der Waals surface area contributed by atoms with Gasteiger partial charge in [0.25, 0.3) is 0 Å². The van der Waals surface area contributed by atoms with Gasteiger partial charge in [-0.15, -0.1) is 0 Å². The Hall–Kier alpha value is -2.18. The van der Waals surface area contributed by atoms with Crippen LogP contribution in [0.5, 0.6) is 0 Å². The summed E-state index contributed by atoms with van der Waals surface area (Å²) in [5, 5.41) is 8.96. The van der Waals surface area contributed by atoms with Gasteiger partial charge >= 0.3 is 5.97 Å². The molecule has 1 N–H and O–H groups in total. The zero-order valence-electron chi connectivity index (χ0n) is 13.2. The Balaban J connectivity index is 1.73. The topological polar surface area (TPSA) is 74.7 Å². The fourth-order valence-corrected chi connectivity index (χ4v) is 4.10. The maximum Gasteiger partial charge on any atom is 0.335 e. The Morgan fingerprint density at radius 2 is 1.67 bits per heavy atom. The predicted molar refractivity (Wildman–Crippen MR) is 92.8 cm³/mol. The first-order chi connectivity index (χ1) is 11.4. The van der Waals surface area contributed by atoms with Crippen molar-refractivity contribution in [2.24, 2.45) is 0 Å². The molecule has 0 aromatic heterocycles. The standard InChI is InChI=1S/C18H19NO4S/c20-18(21)16-6-4-15(5-7-16)17-3-1-2-14(12-17)13-19-8-10-24(22,23)11-9-19/h1-7,12H,8-11,13H2,(H,20,21). The van der Waals surface area contributed by atoms with Gasteiger partial charge in [0.15, 0.2) is 9.84 Å². The summed E-state index contributed by atoms with van der Waals surface area (Å²) >= 11 is 0. The molecule has 0 amide bonds. The molecule has 0 radical (unpaired) electrons. The number of sulfone groups is 1. The molecule has 126 valence electrons. The van der Waals surface area contributed by atoms with Gasteiger partial charge in [-0.3, -0.25) is 4.90 Å². The number of rotatable bonds is 4. The third kappa shape index (κ3) is 4.01. The molecule has 2 aromatic carbocycles. The second-order valence-electron chi connectivity index (χ2n) is 6.01. The lowest BCUT2D eigenvalue weighted by Gasteiger charge is -2.26. The fourth-order valence-electron chi connectivity index (χ4n) is 2.82. The van der Waals surface area contributed by atoms with Crippen molar-refractivity contribution in [3.63, 3.8) is 0 Å². The molecule has 0 saturated carbocycles. The number of aromatic carboxylic acids is 1. The minimum absolute atomic E-state index is 0.226. The van der Waals surface area contributed by atoms with Crippen LogP contribution >= 0.6 is 0 Å². The highest BCUT2D eigenvalue weighted by atomic mass is 32.2. The molecule has 0 bridgehead atoms. The van der Waals surface area contributed by atoms with Crippen LogP contribution in [0.15, 0.2) is 48.5 Å². The second kappa shape index (κ2) is 6.75. The summed E-state index contributed by atoms with van der Waals surface area (Å²) in [4.78, 5) is 13.1. The number of carbonyl (C=O) groups is 1. The monoisotopic (exact) mass is 345 g/mol. The van der Waals surface area contributed by atoms with E-state index in [2.05, 4.69) is 11.0 Å². The van der Waals surface area contributed by atoms with E-state index in [0.29, 0.717) is 13.1 Å². The molecule has 5 nitrogen and oxygen atoms in total. The van der Waals surface area contributed by atoms with Gasteiger partial charge < -0.3 is 5.11 Å². The van der Waals surface area contributed by atoms with E-state index in [1.165, 1.54) is 0 Å². The van der Waals surface area contributed by atoms with Crippen LogP contribution in [-0.2, 0) is 16.4 Å². The van der Waals surface area contributed by atoms with Crippen molar-refractivity contribution in [3.8, 4) is 11.1 Å². The molecule has 0 spiro atoms. The Labute approximate surface area is 141 Å². The van der Waals surface area contributed by atoms with E-state index in [9.17, 15) is 13.2 Å². The molecule has 1 aliphatic rings. The molecule has 3 rings (SSSR count). The first kappa shape index (κ1) is 16.7. The highest BCUT2D eigenvalue weighted by molar-refractivity contribution is 7.91. The highest BCUT2D eigenvalue weighted by Gasteiger charge is 2.21. The van der Waals surface area contributed by atoms with Crippen molar-refractivity contribution in [1.29, 1.82) is 0 Å². The molecule has 2 aromatic rings. The van der Waals surface area contributed by atoms with Gasteiger partial charge in [0.2, 0.25) is 0 Å². The van der Waals surface area contributed by atoms with Gasteiger partial charge in [-0.05, 0) is 34.9 Å². The maximum atomic E-state index is 11.5. The Kier molecular flexibility index (Phi) is 4.69. The van der Waals surface area contributed by atoms with Crippen LogP contribution in [0.4, 0.5) is 0 Å². The van der Waals surface area contributed by atoms with E-state index < -0.39 is 15.8 Å². The lowest BCUT2D eigenvalue weighted by molar-refractivity contribution is 0.0697. The lowest BCUT2D eigenvalue weighted by Crippen LogP contribution is -2.39. The van der Waals surface area contributed by atoms with Gasteiger partial charge in [0.1, 0.15) is 0 Å². The Morgan fingerprint density at radius 1 is 1.00 bits per heavy atom. The number of carboxylic acid groups (broad SMARTS) is 1. The minimum atomic E-state index is -2.86. The van der Waals surface area contributed by atoms with Gasteiger partial charge in [0.05, 0.1) is 17.1 Å². The molecular formula is C18H19NO4S. The van der Waals surface area contributed by atoms with Crippen LogP contribution in [0.3, 0.4) is 0 Å². The van der Waals surface area contributed by atoms with Crippen LogP contribution in [0.1, 0.15) is 15.9 Å². The van der Waals surface area contributed by atoms with E-state index in [0.717, 1.165) is 23.2 Å². The van der Waals surface area contributed by atoms with Crippen LogP contribution in [-0.4, -0.2) is 49.0 Å². The highest BCUT2D eigenvalue weighted by Crippen LogP contribution is 2.22. The summed E-state index contributed by atoms with van der Waals surface area (Å²) in [5.74, 6) is -0.484. The van der Waals surface area contributed by atoms with E-state index in [-0.39, 0.29) is 17.1 Å². The van der Waals surface area contributed by atoms with Crippen LogP contribution < -0.4 is 0 Å². The van der Waals surface area contributed by atoms with Crippen molar-refractivity contribution in [2.45, 2.75) is 6.54 Å². The molecule has 0 unspecified atom stereocenters. The summed E-state index contributed by atoms with van der Waals surface area (Å²) in [7, 11) is -2.86. The molecule has 24 heavy (non-hydrogen) atoms. The third-order valence-electron chi connectivity index (χ3n) is 4.24. The summed E-state index contributed by atoms with van der Waals surface area (Å²) < 4.78 is 23.0. The van der Waals surface area contributed by atoms with E-state index in [1.807, 2.05) is 18.2 Å². The van der Waals surface area contributed by atoms with Gasteiger partial charge in [-0.25, -0.2) is 13.2 Å². The largest absolute Gasteiger partial charge is 0.478 e. The molecule has 0 aliphatic carbocycles. The van der Waals surface area contributed by atoms with Gasteiger partial charge in [0, 0.05) is 19.6 Å². The number of nitrogens with zero attached hydrogens (tertiary/aromatic N) is 1. The molecule has 1 heterocycles. The SMILES string of the molecule is O=C(O)c1ccc(-c2cccc(CN3CCS(=O)(=O)CC3)c2)cc1. The van der Waals surface area contributed by atoms with Crippen molar-refractivity contribution in [3.05, 3.63) is 59.7 Å². The van der Waals surface area contributed by atoms with Crippen LogP contribution in [0.2, 0.25) is 0 Å². The molecule has 0 atom stereocenters. The zero-order chi connectivity index (χ0) is 17.2. The maximum absolute atomic E-state index is 11.5. The summed E-state index contributed by atoms with van der Waals surface area (Å²) in [6, 6.07) is 14.8. The Morgan fingerprint density at radius 3 is 2.29 bits per heavy atom. The first-order valence-corrected chi connectivity index (χ1v) is 9.60. The lowest BCUT2D eigenvalue weighted by atomic mass is 10.0. The molecule has 1 fully saturated rings. The van der Waals surface area contributed by atoms with Crippen molar-refractivity contribution in [1.82, 2.24) is 4.90 Å². The zero-order valence-corrected chi connectivity index (χ0v) is 14.0. The molecular weight excluding hydrogens is 326 g/mol. The molecule has 6 heteroatoms. The normalized spacial score (nSPS) is 17.5. The van der Waals surface area contributed by atoms with Crippen molar-refractivity contribution >= 4 is 15.8 Å². The van der Waals surface area contributed by atoms with Gasteiger partial charge in [-0.2, -0.15) is 0 Å². The summed E-state index contributed by atoms with van der Waals surface area (Å²) in [5.41, 5.74) is 3.37. The quantitative estimate of drug-likeness (QED) is 0.920. The first-order valence-electron chi connectivity index (χ1n) is 7.78. The number of benzene rings is 2. The second-order valence-corrected chi connectivity index (χ2v) is 8.31. The minimum Gasteiger partial charge on any atom is -0.478 e. The van der Waals surface area contributed by atoms with Gasteiger partial charge in [-0.1, -0.05) is 30.3 Å². The summed E-state index contributed by atoms with van der Waals surface area (Å²) in [6.07, 6.45) is 0. The van der Waals surface area contributed by atoms with Crippen LogP contribution in [0, 0.1) is 0 Å². The molecule has 1 saturated heterocycles. The van der Waals surface area contributed by atoms with Crippen LogP contribution in [0.25, 0.3) is 11.1 Å². The van der Waals surface area contributed by atoms with Crippen molar-refractivity contribution < 1.29 is 18.3 Å². The summed E-state index contributed by atoms with van der Waals surface area (Å²) in [6.45, 7) is 1.86. The smallest absolute Gasteiger partial charge is 0.335 e. The average molecular weight is 345 g/mol. The fraction of sp³-hybridized carbons (Fsp3) is 0.278. The van der Waals surface area contributed by atoms with E-state index in [1.54, 1.807) is 24.3 Å². The average Bonchev–Trinajstić information content (AvgIpc) is 2.57. The number of carboxylic acids is 1. The Bertz CT molecular complexity index is 830. The third-order valence-corrected chi connectivity index (χ3v) is 5.84. The number of hydrogen-bond acceptors (Lipinski definition) is 4. The molecule has 1 aliphatic heterocycles. The predicted octanol–water partition coefficient (Wildman–Crippen LogP) is 2.28. The van der Waals surface area contributed by atoms with E-state index in [4.69, 9.17) is 5.11 Å². The number of hydrogen-bond donors (Lipinski definition) is 1. The van der Waals surface area contributed by atoms with E-state index >= 15 is 0 Å². The van der Waals surface area contributed by atoms with Crippen molar-refractivity contribution in [2.75, 3.05) is 24.6 Å².